The van der Waals surface area contributed by atoms with Gasteiger partial charge < -0.3 is 10.1 Å². The van der Waals surface area contributed by atoms with Gasteiger partial charge in [-0.3, -0.25) is 0 Å². The van der Waals surface area contributed by atoms with Gasteiger partial charge in [-0.05, 0) is 11.8 Å². The Morgan fingerprint density at radius 2 is 2.26 bits per heavy atom. The molecule has 1 unspecified atom stereocenters. The van der Waals surface area contributed by atoms with Crippen LogP contribution in [0.1, 0.15) is 23.8 Å². The van der Waals surface area contributed by atoms with Crippen LogP contribution in [0.4, 0.5) is 5.82 Å². The lowest BCUT2D eigenvalue weighted by Crippen LogP contribution is -2.11. The van der Waals surface area contributed by atoms with Crippen molar-refractivity contribution in [2.75, 3.05) is 0 Å². The van der Waals surface area contributed by atoms with Crippen molar-refractivity contribution in [2.24, 2.45) is 0 Å². The Morgan fingerprint density at radius 3 is 2.84 bits per heavy atom. The van der Waals surface area contributed by atoms with Gasteiger partial charge in [0.05, 0.1) is 18.1 Å². The molecule has 0 bridgehead atoms. The average Bonchev–Trinajstić information content (AvgIpc) is 2.93. The number of rotatable bonds is 5. The molecule has 2 aromatic heterocycles. The van der Waals surface area contributed by atoms with E-state index in [1.165, 1.54) is 10.8 Å². The van der Waals surface area contributed by atoms with Crippen LogP contribution in [-0.4, -0.2) is 29.5 Å². The third-order valence-electron chi connectivity index (χ3n) is 2.74. The Hall–Kier alpha value is -1.96. The number of aryl methyl sites for hydroxylation is 2. The normalized spacial score (nSPS) is 12.6. The van der Waals surface area contributed by atoms with Gasteiger partial charge in [-0.15, -0.1) is 16.7 Å². The van der Waals surface area contributed by atoms with E-state index in [0.29, 0.717) is 24.6 Å². The Labute approximate surface area is 114 Å². The lowest BCUT2D eigenvalue weighted by Gasteiger charge is -2.02. The van der Waals surface area contributed by atoms with Crippen LogP contribution < -0.4 is 0 Å². The average molecular weight is 285 g/mol. The van der Waals surface area contributed by atoms with Gasteiger partial charge in [-0.2, -0.15) is 0 Å². The third kappa shape index (κ3) is 2.90. The minimum Gasteiger partial charge on any atom is -0.358 e. The van der Waals surface area contributed by atoms with Crippen molar-refractivity contribution >= 4 is 17.4 Å². The Morgan fingerprint density at radius 1 is 1.53 bits per heavy atom. The maximum Gasteiger partial charge on any atom is 0.342 e. The first-order valence-corrected chi connectivity index (χ1v) is 6.13. The zero-order valence-corrected chi connectivity index (χ0v) is 11.3. The topological polar surface area (TPSA) is 91.7 Å². The second-order valence-corrected chi connectivity index (χ2v) is 4.75. The highest BCUT2D eigenvalue weighted by atomic mass is 35.5. The summed E-state index contributed by atoms with van der Waals surface area (Å²) in [5.41, 5.74) is 0.679. The van der Waals surface area contributed by atoms with Crippen LogP contribution in [0.5, 0.6) is 0 Å². The van der Waals surface area contributed by atoms with Crippen LogP contribution >= 0.6 is 11.6 Å². The van der Waals surface area contributed by atoms with Gasteiger partial charge in [0.25, 0.3) is 0 Å². The summed E-state index contributed by atoms with van der Waals surface area (Å²) in [4.78, 5) is 14.3. The second kappa shape index (κ2) is 5.35. The summed E-state index contributed by atoms with van der Waals surface area (Å²) < 4.78 is 3.14. The van der Waals surface area contributed by atoms with Crippen molar-refractivity contribution in [1.82, 2.24) is 24.5 Å². The summed E-state index contributed by atoms with van der Waals surface area (Å²) in [5.74, 6) is 0.571. The molecule has 0 saturated carbocycles. The maximum atomic E-state index is 10.8. The summed E-state index contributed by atoms with van der Waals surface area (Å²) in [6.45, 7) is 4.40. The highest BCUT2D eigenvalue weighted by molar-refractivity contribution is 6.20. The molecule has 1 atom stereocenters. The fraction of sp³-hybridized carbons (Fsp3) is 0.500. The SMILES string of the molecule is Cc1ncc([N+](=O)[O-])n1CCn1cc(C(C)Cl)nn1. The zero-order chi connectivity index (χ0) is 14.0. The van der Waals surface area contributed by atoms with Gasteiger partial charge in [-0.25, -0.2) is 14.2 Å². The highest BCUT2D eigenvalue weighted by Gasteiger charge is 2.17. The minimum atomic E-state index is -0.451. The Bertz CT molecular complexity index is 591. The smallest absolute Gasteiger partial charge is 0.342 e. The number of halogens is 1. The van der Waals surface area contributed by atoms with E-state index in [2.05, 4.69) is 15.3 Å². The van der Waals surface area contributed by atoms with Crippen LogP contribution in [0.3, 0.4) is 0 Å². The molecular formula is C10H13ClN6O2. The molecule has 2 rings (SSSR count). The number of alkyl halides is 1. The summed E-state index contributed by atoms with van der Waals surface area (Å²) in [7, 11) is 0. The standard InChI is InChI=1S/C10H13ClN6O2/c1-7(11)9-6-15(14-13-9)3-4-16-8(2)12-5-10(16)17(18)19/h5-7H,3-4H2,1-2H3. The highest BCUT2D eigenvalue weighted by Crippen LogP contribution is 2.16. The summed E-state index contributed by atoms with van der Waals surface area (Å²) in [5, 5.41) is 18.5. The van der Waals surface area contributed by atoms with Crippen LogP contribution in [0.15, 0.2) is 12.4 Å². The molecule has 19 heavy (non-hydrogen) atoms. The van der Waals surface area contributed by atoms with Crippen LogP contribution in [-0.2, 0) is 13.1 Å². The van der Waals surface area contributed by atoms with Gasteiger partial charge in [-0.1, -0.05) is 5.21 Å². The predicted molar refractivity (Wildman–Crippen MR) is 67.9 cm³/mol. The molecule has 0 N–H and O–H groups in total. The number of hydrogen-bond acceptors (Lipinski definition) is 5. The number of aromatic nitrogens is 5. The van der Waals surface area contributed by atoms with Crippen molar-refractivity contribution < 1.29 is 4.92 Å². The largest absolute Gasteiger partial charge is 0.358 e. The third-order valence-corrected chi connectivity index (χ3v) is 2.96. The lowest BCUT2D eigenvalue weighted by atomic mass is 10.4. The fourth-order valence-electron chi connectivity index (χ4n) is 1.69. The first-order valence-electron chi connectivity index (χ1n) is 5.69. The van der Waals surface area contributed by atoms with E-state index < -0.39 is 4.92 Å². The second-order valence-electron chi connectivity index (χ2n) is 4.09. The Kier molecular flexibility index (Phi) is 3.79. The molecule has 2 heterocycles. The number of hydrogen-bond donors (Lipinski definition) is 0. The molecule has 0 amide bonds. The van der Waals surface area contributed by atoms with E-state index in [-0.39, 0.29) is 11.2 Å². The number of nitrogens with zero attached hydrogens (tertiary/aromatic N) is 6. The quantitative estimate of drug-likeness (QED) is 0.473. The molecule has 8 nitrogen and oxygen atoms in total. The molecule has 9 heteroatoms. The van der Waals surface area contributed by atoms with Crippen LogP contribution in [0, 0.1) is 17.0 Å². The molecule has 0 aliphatic carbocycles. The zero-order valence-electron chi connectivity index (χ0n) is 10.5. The molecule has 0 saturated heterocycles. The molecule has 2 aromatic rings. The molecule has 0 fully saturated rings. The predicted octanol–water partition coefficient (Wildman–Crippen LogP) is 1.69. The van der Waals surface area contributed by atoms with E-state index >= 15 is 0 Å². The van der Waals surface area contributed by atoms with Crippen LogP contribution in [0.2, 0.25) is 0 Å². The Balaban J connectivity index is 2.09. The number of imidazole rings is 1. The molecule has 0 aliphatic heterocycles. The van der Waals surface area contributed by atoms with Gasteiger partial charge in [0.2, 0.25) is 0 Å². The molecule has 102 valence electrons. The van der Waals surface area contributed by atoms with Gasteiger partial charge >= 0.3 is 5.82 Å². The van der Waals surface area contributed by atoms with Gasteiger partial charge in [0, 0.05) is 6.92 Å². The molecular weight excluding hydrogens is 272 g/mol. The maximum absolute atomic E-state index is 10.8. The van der Waals surface area contributed by atoms with Gasteiger partial charge in [0.1, 0.15) is 18.4 Å². The van der Waals surface area contributed by atoms with Crippen molar-refractivity contribution in [1.29, 1.82) is 0 Å². The first-order chi connectivity index (χ1) is 8.99. The fourth-order valence-corrected chi connectivity index (χ4v) is 1.79. The van der Waals surface area contributed by atoms with E-state index in [1.807, 2.05) is 0 Å². The molecule has 0 radical (unpaired) electrons. The van der Waals surface area contributed by atoms with E-state index in [1.54, 1.807) is 24.7 Å². The van der Waals surface area contributed by atoms with Crippen LogP contribution in [0.25, 0.3) is 0 Å². The summed E-state index contributed by atoms with van der Waals surface area (Å²) >= 11 is 5.89. The monoisotopic (exact) mass is 284 g/mol. The van der Waals surface area contributed by atoms with Gasteiger partial charge in [0.15, 0.2) is 5.82 Å². The van der Waals surface area contributed by atoms with E-state index in [4.69, 9.17) is 11.6 Å². The molecule has 0 aromatic carbocycles. The molecule has 0 aliphatic rings. The van der Waals surface area contributed by atoms with Crippen molar-refractivity contribution in [3.05, 3.63) is 34.0 Å². The van der Waals surface area contributed by atoms with Crippen molar-refractivity contribution in [3.63, 3.8) is 0 Å². The van der Waals surface area contributed by atoms with Crippen molar-refractivity contribution in [3.8, 4) is 0 Å². The first kappa shape index (κ1) is 13.5. The minimum absolute atomic E-state index is 0.0245. The molecule has 0 spiro atoms. The number of nitro groups is 1. The van der Waals surface area contributed by atoms with Crippen molar-refractivity contribution in [2.45, 2.75) is 32.3 Å². The summed E-state index contributed by atoms with van der Waals surface area (Å²) in [6.07, 6.45) is 2.98. The van der Waals surface area contributed by atoms with E-state index in [9.17, 15) is 10.1 Å². The summed E-state index contributed by atoms with van der Waals surface area (Å²) in [6, 6.07) is 0. The lowest BCUT2D eigenvalue weighted by molar-refractivity contribution is -0.392. The van der Waals surface area contributed by atoms with E-state index in [0.717, 1.165) is 0 Å².